The Labute approximate surface area is 118 Å². The molecule has 0 unspecified atom stereocenters. The summed E-state index contributed by atoms with van der Waals surface area (Å²) in [7, 11) is 0. The van der Waals surface area contributed by atoms with Gasteiger partial charge in [0.1, 0.15) is 0 Å². The van der Waals surface area contributed by atoms with Crippen LogP contribution in [0, 0.1) is 11.3 Å². The SMILES string of the molecule is N#Cc1cccc(NC(=O)CCN(CCO)CCO)c1. The van der Waals surface area contributed by atoms with Gasteiger partial charge >= 0.3 is 0 Å². The van der Waals surface area contributed by atoms with Crippen molar-refractivity contribution in [2.24, 2.45) is 0 Å². The Hall–Kier alpha value is -1.94. The molecule has 0 spiro atoms. The number of nitrogens with zero attached hydrogens (tertiary/aromatic N) is 2. The van der Waals surface area contributed by atoms with Crippen LogP contribution in [0.5, 0.6) is 0 Å². The standard InChI is InChI=1S/C14H19N3O3/c15-11-12-2-1-3-13(10-12)16-14(20)4-5-17(6-8-18)7-9-19/h1-3,10,18-19H,4-9H2,(H,16,20). The molecule has 0 bridgehead atoms. The van der Waals surface area contributed by atoms with Crippen LogP contribution in [-0.2, 0) is 4.79 Å². The molecule has 0 saturated carbocycles. The lowest BCUT2D eigenvalue weighted by molar-refractivity contribution is -0.116. The first-order chi connectivity index (χ1) is 9.69. The van der Waals surface area contributed by atoms with Crippen molar-refractivity contribution >= 4 is 11.6 Å². The highest BCUT2D eigenvalue weighted by Crippen LogP contribution is 2.10. The molecule has 1 aromatic carbocycles. The summed E-state index contributed by atoms with van der Waals surface area (Å²) >= 11 is 0. The van der Waals surface area contributed by atoms with Crippen molar-refractivity contribution in [2.75, 3.05) is 38.2 Å². The summed E-state index contributed by atoms with van der Waals surface area (Å²) in [6, 6.07) is 8.71. The molecule has 0 aliphatic carbocycles. The second-order valence-electron chi connectivity index (χ2n) is 4.28. The number of nitriles is 1. The van der Waals surface area contributed by atoms with Crippen LogP contribution in [0.25, 0.3) is 0 Å². The quantitative estimate of drug-likeness (QED) is 0.629. The number of amides is 1. The maximum absolute atomic E-state index is 11.8. The van der Waals surface area contributed by atoms with Gasteiger partial charge in [-0.2, -0.15) is 5.26 Å². The highest BCUT2D eigenvalue weighted by Gasteiger charge is 2.08. The molecule has 0 saturated heterocycles. The van der Waals surface area contributed by atoms with Gasteiger partial charge in [0, 0.05) is 31.7 Å². The first kappa shape index (κ1) is 16.1. The third-order valence-electron chi connectivity index (χ3n) is 2.76. The summed E-state index contributed by atoms with van der Waals surface area (Å²) in [6.45, 7) is 1.30. The molecule has 1 rings (SSSR count). The summed E-state index contributed by atoms with van der Waals surface area (Å²) in [5.74, 6) is -0.166. The van der Waals surface area contributed by atoms with Gasteiger partial charge in [-0.1, -0.05) is 6.07 Å². The normalized spacial score (nSPS) is 10.3. The van der Waals surface area contributed by atoms with Gasteiger partial charge in [0.05, 0.1) is 24.8 Å². The van der Waals surface area contributed by atoms with E-state index in [9.17, 15) is 4.79 Å². The molecule has 6 nitrogen and oxygen atoms in total. The van der Waals surface area contributed by atoms with Crippen LogP contribution >= 0.6 is 0 Å². The van der Waals surface area contributed by atoms with Crippen LogP contribution < -0.4 is 5.32 Å². The number of hydrogen-bond donors (Lipinski definition) is 3. The molecule has 20 heavy (non-hydrogen) atoms. The number of carbonyl (C=O) groups is 1. The van der Waals surface area contributed by atoms with Gasteiger partial charge in [0.25, 0.3) is 0 Å². The second kappa shape index (κ2) is 9.04. The minimum absolute atomic E-state index is 0.00810. The molecule has 1 aromatic rings. The van der Waals surface area contributed by atoms with Crippen molar-refractivity contribution in [1.29, 1.82) is 5.26 Å². The van der Waals surface area contributed by atoms with E-state index in [0.29, 0.717) is 30.9 Å². The van der Waals surface area contributed by atoms with Crippen LogP contribution in [0.3, 0.4) is 0 Å². The fourth-order valence-corrected chi connectivity index (χ4v) is 1.77. The third kappa shape index (κ3) is 5.80. The summed E-state index contributed by atoms with van der Waals surface area (Å²) in [5.41, 5.74) is 1.08. The highest BCUT2D eigenvalue weighted by atomic mass is 16.3. The molecule has 0 fully saturated rings. The number of hydrogen-bond acceptors (Lipinski definition) is 5. The Morgan fingerprint density at radius 1 is 1.25 bits per heavy atom. The van der Waals surface area contributed by atoms with Crippen molar-refractivity contribution in [3.8, 4) is 6.07 Å². The molecule has 0 atom stereocenters. The second-order valence-corrected chi connectivity index (χ2v) is 4.28. The summed E-state index contributed by atoms with van der Waals surface area (Å²) in [5, 5.41) is 29.2. The Bertz CT molecular complexity index is 465. The van der Waals surface area contributed by atoms with Crippen molar-refractivity contribution in [1.82, 2.24) is 4.90 Å². The van der Waals surface area contributed by atoms with Crippen LogP contribution in [0.4, 0.5) is 5.69 Å². The van der Waals surface area contributed by atoms with E-state index in [1.165, 1.54) is 0 Å². The lowest BCUT2D eigenvalue weighted by atomic mass is 10.2. The van der Waals surface area contributed by atoms with E-state index in [0.717, 1.165) is 0 Å². The Kier molecular flexibility index (Phi) is 7.29. The number of nitrogens with one attached hydrogen (secondary N) is 1. The molecular formula is C14H19N3O3. The molecule has 0 heterocycles. The van der Waals surface area contributed by atoms with E-state index >= 15 is 0 Å². The maximum Gasteiger partial charge on any atom is 0.225 e. The first-order valence-corrected chi connectivity index (χ1v) is 6.43. The van der Waals surface area contributed by atoms with Crippen LogP contribution in [-0.4, -0.2) is 53.9 Å². The number of benzene rings is 1. The van der Waals surface area contributed by atoms with Gasteiger partial charge in [-0.15, -0.1) is 0 Å². The smallest absolute Gasteiger partial charge is 0.225 e. The molecule has 3 N–H and O–H groups in total. The predicted molar refractivity (Wildman–Crippen MR) is 75.0 cm³/mol. The minimum atomic E-state index is -0.166. The molecule has 1 amide bonds. The van der Waals surface area contributed by atoms with E-state index < -0.39 is 0 Å². The Morgan fingerprint density at radius 3 is 2.55 bits per heavy atom. The van der Waals surface area contributed by atoms with Crippen LogP contribution in [0.2, 0.25) is 0 Å². The van der Waals surface area contributed by atoms with Crippen molar-refractivity contribution in [3.05, 3.63) is 29.8 Å². The van der Waals surface area contributed by atoms with Gasteiger partial charge in [-0.25, -0.2) is 0 Å². The van der Waals surface area contributed by atoms with E-state index in [2.05, 4.69) is 5.32 Å². The number of aliphatic hydroxyl groups is 2. The van der Waals surface area contributed by atoms with Crippen molar-refractivity contribution in [2.45, 2.75) is 6.42 Å². The Morgan fingerprint density at radius 2 is 1.95 bits per heavy atom. The minimum Gasteiger partial charge on any atom is -0.395 e. The molecule has 108 valence electrons. The van der Waals surface area contributed by atoms with E-state index in [-0.39, 0.29) is 25.5 Å². The number of aliphatic hydroxyl groups excluding tert-OH is 2. The van der Waals surface area contributed by atoms with Gasteiger partial charge in [-0.3, -0.25) is 9.69 Å². The van der Waals surface area contributed by atoms with E-state index in [1.807, 2.05) is 11.0 Å². The van der Waals surface area contributed by atoms with E-state index in [4.69, 9.17) is 15.5 Å². The largest absolute Gasteiger partial charge is 0.395 e. The summed E-state index contributed by atoms with van der Waals surface area (Å²) in [4.78, 5) is 13.6. The molecule has 0 aliphatic rings. The third-order valence-corrected chi connectivity index (χ3v) is 2.76. The highest BCUT2D eigenvalue weighted by molar-refractivity contribution is 5.90. The fourth-order valence-electron chi connectivity index (χ4n) is 1.77. The monoisotopic (exact) mass is 277 g/mol. The topological polar surface area (TPSA) is 96.6 Å². The number of carbonyl (C=O) groups excluding carboxylic acids is 1. The van der Waals surface area contributed by atoms with Crippen LogP contribution in [0.15, 0.2) is 24.3 Å². The van der Waals surface area contributed by atoms with Gasteiger partial charge in [-0.05, 0) is 18.2 Å². The number of anilines is 1. The molecule has 0 radical (unpaired) electrons. The first-order valence-electron chi connectivity index (χ1n) is 6.43. The van der Waals surface area contributed by atoms with Gasteiger partial charge in [0.2, 0.25) is 5.91 Å². The average molecular weight is 277 g/mol. The maximum atomic E-state index is 11.8. The van der Waals surface area contributed by atoms with Gasteiger partial charge in [0.15, 0.2) is 0 Å². The van der Waals surface area contributed by atoms with Crippen LogP contribution in [0.1, 0.15) is 12.0 Å². The lowest BCUT2D eigenvalue weighted by Crippen LogP contribution is -2.32. The van der Waals surface area contributed by atoms with Crippen molar-refractivity contribution in [3.63, 3.8) is 0 Å². The Balaban J connectivity index is 2.44. The molecule has 0 aromatic heterocycles. The molecular weight excluding hydrogens is 258 g/mol. The summed E-state index contributed by atoms with van der Waals surface area (Å²) in [6.07, 6.45) is 0.261. The fraction of sp³-hybridized carbons (Fsp3) is 0.429. The molecule has 0 aliphatic heterocycles. The summed E-state index contributed by atoms with van der Waals surface area (Å²) < 4.78 is 0. The zero-order valence-corrected chi connectivity index (χ0v) is 11.2. The van der Waals surface area contributed by atoms with Gasteiger partial charge < -0.3 is 15.5 Å². The zero-order chi connectivity index (χ0) is 14.8. The predicted octanol–water partition coefficient (Wildman–Crippen LogP) is 0.173. The molecule has 6 heteroatoms. The zero-order valence-electron chi connectivity index (χ0n) is 11.2. The van der Waals surface area contributed by atoms with Crippen molar-refractivity contribution < 1.29 is 15.0 Å². The lowest BCUT2D eigenvalue weighted by Gasteiger charge is -2.19. The number of rotatable bonds is 8. The van der Waals surface area contributed by atoms with E-state index in [1.54, 1.807) is 24.3 Å². The average Bonchev–Trinajstić information content (AvgIpc) is 2.45.